The fraction of sp³-hybridized carbons (Fsp3) is 0.611. The number of carbonyl (C=O) groups excluding carboxylic acids is 1. The van der Waals surface area contributed by atoms with Gasteiger partial charge in [-0.05, 0) is 49.8 Å². The van der Waals surface area contributed by atoms with E-state index in [2.05, 4.69) is 10.6 Å². The first kappa shape index (κ1) is 19.3. The maximum Gasteiger partial charge on any atom is 0.315 e. The molecule has 23 heavy (non-hydrogen) atoms. The molecular weight excluding hydrogens is 292 g/mol. The Hall–Kier alpha value is -1.75. The van der Waals surface area contributed by atoms with Crippen LogP contribution in [-0.2, 0) is 6.54 Å². The Morgan fingerprint density at radius 2 is 2.04 bits per heavy atom. The summed E-state index contributed by atoms with van der Waals surface area (Å²) >= 11 is 0. The first-order valence-corrected chi connectivity index (χ1v) is 8.15. The molecule has 0 spiro atoms. The van der Waals surface area contributed by atoms with Gasteiger partial charge in [-0.3, -0.25) is 0 Å². The number of aryl methyl sites for hydroxylation is 1. The van der Waals surface area contributed by atoms with Gasteiger partial charge in [-0.25, -0.2) is 4.79 Å². The van der Waals surface area contributed by atoms with Crippen molar-refractivity contribution < 1.29 is 14.6 Å². The molecule has 1 aromatic carbocycles. The van der Waals surface area contributed by atoms with E-state index in [1.165, 1.54) is 0 Å². The molecule has 2 amide bonds. The van der Waals surface area contributed by atoms with Crippen molar-refractivity contribution >= 4 is 6.03 Å². The average molecular weight is 322 g/mol. The van der Waals surface area contributed by atoms with Gasteiger partial charge in [0, 0.05) is 13.1 Å². The molecule has 1 rings (SSSR count). The number of amides is 2. The first-order chi connectivity index (χ1) is 10.7. The maximum absolute atomic E-state index is 11.9. The number of benzene rings is 1. The van der Waals surface area contributed by atoms with Gasteiger partial charge in [0.05, 0.1) is 12.7 Å². The van der Waals surface area contributed by atoms with Gasteiger partial charge >= 0.3 is 6.03 Å². The van der Waals surface area contributed by atoms with E-state index >= 15 is 0 Å². The van der Waals surface area contributed by atoms with Gasteiger partial charge < -0.3 is 20.5 Å². The Balaban J connectivity index is 2.43. The molecule has 1 atom stereocenters. The Labute approximate surface area is 139 Å². The Kier molecular flexibility index (Phi) is 7.36. The lowest BCUT2D eigenvalue weighted by molar-refractivity contribution is 0.129. The van der Waals surface area contributed by atoms with Gasteiger partial charge in [0.15, 0.2) is 0 Å². The van der Waals surface area contributed by atoms with Gasteiger partial charge in [0.25, 0.3) is 0 Å². The minimum Gasteiger partial charge on any atom is -0.494 e. The van der Waals surface area contributed by atoms with E-state index in [0.29, 0.717) is 26.1 Å². The maximum atomic E-state index is 11.9. The zero-order valence-corrected chi connectivity index (χ0v) is 14.9. The van der Waals surface area contributed by atoms with Crippen molar-refractivity contribution in [1.82, 2.24) is 10.6 Å². The highest BCUT2D eigenvalue weighted by atomic mass is 16.5. The highest BCUT2D eigenvalue weighted by Crippen LogP contribution is 2.21. The Bertz CT molecular complexity index is 513. The molecule has 0 aliphatic carbocycles. The summed E-state index contributed by atoms with van der Waals surface area (Å²) in [5, 5.41) is 15.2. The van der Waals surface area contributed by atoms with Gasteiger partial charge in [0.1, 0.15) is 5.75 Å². The number of hydrogen-bond donors (Lipinski definition) is 3. The number of aliphatic hydroxyl groups is 1. The Morgan fingerprint density at radius 1 is 1.35 bits per heavy atom. The molecule has 0 aliphatic heterocycles. The summed E-state index contributed by atoms with van der Waals surface area (Å²) in [5.41, 5.74) is 1.95. The summed E-state index contributed by atoms with van der Waals surface area (Å²) in [7, 11) is 0. The number of rotatable bonds is 8. The number of urea groups is 1. The average Bonchev–Trinajstić information content (AvgIpc) is 2.44. The van der Waals surface area contributed by atoms with E-state index in [1.807, 2.05) is 45.9 Å². The van der Waals surface area contributed by atoms with Crippen molar-refractivity contribution in [3.8, 4) is 5.75 Å². The smallest absolute Gasteiger partial charge is 0.315 e. The molecule has 1 aromatic rings. The number of aliphatic hydroxyl groups excluding tert-OH is 1. The highest BCUT2D eigenvalue weighted by molar-refractivity contribution is 5.73. The molecule has 130 valence electrons. The lowest BCUT2D eigenvalue weighted by Gasteiger charge is -2.26. The van der Waals surface area contributed by atoms with Crippen LogP contribution in [0.1, 0.15) is 45.2 Å². The van der Waals surface area contributed by atoms with Crippen LogP contribution < -0.4 is 15.4 Å². The molecule has 0 radical (unpaired) electrons. The molecule has 0 fully saturated rings. The number of hydrogen-bond acceptors (Lipinski definition) is 3. The largest absolute Gasteiger partial charge is 0.494 e. The molecule has 0 aliphatic rings. The SMILES string of the molecule is CCOc1ccc(CNC(=O)NCC(C)(C)CC(C)O)cc1C. The van der Waals surface area contributed by atoms with Crippen molar-refractivity contribution in [2.24, 2.45) is 5.41 Å². The molecule has 0 bridgehead atoms. The third kappa shape index (κ3) is 7.37. The fourth-order valence-corrected chi connectivity index (χ4v) is 2.58. The lowest BCUT2D eigenvalue weighted by atomic mass is 9.87. The molecular formula is C18H30N2O3. The highest BCUT2D eigenvalue weighted by Gasteiger charge is 2.20. The minimum atomic E-state index is -0.373. The lowest BCUT2D eigenvalue weighted by Crippen LogP contribution is -2.41. The van der Waals surface area contributed by atoms with Crippen molar-refractivity contribution in [2.45, 2.75) is 53.7 Å². The van der Waals surface area contributed by atoms with Crippen molar-refractivity contribution in [1.29, 1.82) is 0 Å². The minimum absolute atomic E-state index is 0.138. The molecule has 0 heterocycles. The first-order valence-electron chi connectivity index (χ1n) is 8.15. The topological polar surface area (TPSA) is 70.6 Å². The second-order valence-corrected chi connectivity index (χ2v) is 6.79. The molecule has 3 N–H and O–H groups in total. The summed E-state index contributed by atoms with van der Waals surface area (Å²) in [6.45, 7) is 11.4. The molecule has 5 nitrogen and oxygen atoms in total. The van der Waals surface area contributed by atoms with Gasteiger partial charge in [-0.15, -0.1) is 0 Å². The van der Waals surface area contributed by atoms with E-state index in [0.717, 1.165) is 16.9 Å². The molecule has 0 saturated heterocycles. The van der Waals surface area contributed by atoms with Crippen LogP contribution in [0, 0.1) is 12.3 Å². The van der Waals surface area contributed by atoms with Gasteiger partial charge in [-0.1, -0.05) is 26.0 Å². The summed E-state index contributed by atoms with van der Waals surface area (Å²) < 4.78 is 5.50. The van der Waals surface area contributed by atoms with Crippen LogP contribution in [0.4, 0.5) is 4.79 Å². The summed E-state index contributed by atoms with van der Waals surface area (Å²) in [5.74, 6) is 0.876. The van der Waals surface area contributed by atoms with Gasteiger partial charge in [-0.2, -0.15) is 0 Å². The van der Waals surface area contributed by atoms with Gasteiger partial charge in [0.2, 0.25) is 0 Å². The second kappa shape index (κ2) is 8.77. The van der Waals surface area contributed by atoms with Crippen LogP contribution in [0.5, 0.6) is 5.75 Å². The second-order valence-electron chi connectivity index (χ2n) is 6.79. The molecule has 0 saturated carbocycles. The summed E-state index contributed by atoms with van der Waals surface area (Å²) in [4.78, 5) is 11.9. The van der Waals surface area contributed by atoms with E-state index < -0.39 is 0 Å². The predicted octanol–water partition coefficient (Wildman–Crippen LogP) is 2.99. The van der Waals surface area contributed by atoms with E-state index in [1.54, 1.807) is 6.92 Å². The van der Waals surface area contributed by atoms with Crippen LogP contribution in [0.25, 0.3) is 0 Å². The number of carbonyl (C=O) groups is 1. The van der Waals surface area contributed by atoms with Crippen LogP contribution in [-0.4, -0.2) is 30.4 Å². The quantitative estimate of drug-likeness (QED) is 0.689. The van der Waals surface area contributed by atoms with Crippen LogP contribution in [0.3, 0.4) is 0 Å². The predicted molar refractivity (Wildman–Crippen MR) is 92.7 cm³/mol. The van der Waals surface area contributed by atoms with Crippen molar-refractivity contribution in [2.75, 3.05) is 13.2 Å². The standard InChI is InChI=1S/C18H30N2O3/c1-6-23-16-8-7-15(9-13(16)2)11-19-17(22)20-12-18(4,5)10-14(3)21/h7-9,14,21H,6,10-12H2,1-5H3,(H2,19,20,22). The summed E-state index contributed by atoms with van der Waals surface area (Å²) in [6, 6.07) is 5.70. The van der Waals surface area contributed by atoms with Crippen LogP contribution in [0.2, 0.25) is 0 Å². The molecule has 5 heteroatoms. The van der Waals surface area contributed by atoms with Crippen LogP contribution in [0.15, 0.2) is 18.2 Å². The monoisotopic (exact) mass is 322 g/mol. The van der Waals surface area contributed by atoms with Crippen molar-refractivity contribution in [3.63, 3.8) is 0 Å². The van der Waals surface area contributed by atoms with Crippen molar-refractivity contribution in [3.05, 3.63) is 29.3 Å². The third-order valence-corrected chi connectivity index (χ3v) is 3.57. The Morgan fingerprint density at radius 3 is 2.61 bits per heavy atom. The van der Waals surface area contributed by atoms with Crippen LogP contribution >= 0.6 is 0 Å². The summed E-state index contributed by atoms with van der Waals surface area (Å²) in [6.07, 6.45) is 0.271. The molecule has 0 aromatic heterocycles. The molecule has 1 unspecified atom stereocenters. The zero-order valence-electron chi connectivity index (χ0n) is 14.9. The van der Waals surface area contributed by atoms with E-state index in [4.69, 9.17) is 4.74 Å². The normalized spacial score (nSPS) is 12.6. The van der Waals surface area contributed by atoms with E-state index in [9.17, 15) is 9.90 Å². The zero-order chi connectivity index (χ0) is 17.5. The number of nitrogens with one attached hydrogen (secondary N) is 2. The van der Waals surface area contributed by atoms with E-state index in [-0.39, 0.29) is 17.6 Å². The number of ether oxygens (including phenoxy) is 1. The third-order valence-electron chi connectivity index (χ3n) is 3.57. The fourth-order valence-electron chi connectivity index (χ4n) is 2.58.